The summed E-state index contributed by atoms with van der Waals surface area (Å²) in [5.41, 5.74) is 1.12. The highest BCUT2D eigenvalue weighted by atomic mass is 127. The predicted octanol–water partition coefficient (Wildman–Crippen LogP) is 2.76. The van der Waals surface area contributed by atoms with Gasteiger partial charge in [0.25, 0.3) is 0 Å². The molecule has 2 aromatic rings. The van der Waals surface area contributed by atoms with Crippen LogP contribution in [0.25, 0.3) is 5.82 Å². The maximum absolute atomic E-state index is 4.59. The minimum absolute atomic E-state index is 0.0960. The molecule has 0 atom stereocenters. The monoisotopic (exact) mass is 356 g/mol. The molecule has 0 unspecified atom stereocenters. The molecule has 1 N–H and O–H groups in total. The molecule has 0 saturated carbocycles. The predicted molar refractivity (Wildman–Crippen MR) is 80.7 cm³/mol. The van der Waals surface area contributed by atoms with Gasteiger partial charge in [0.15, 0.2) is 5.82 Å². The van der Waals surface area contributed by atoms with E-state index in [1.807, 2.05) is 30.6 Å². The van der Waals surface area contributed by atoms with Crippen LogP contribution in [0.5, 0.6) is 0 Å². The fourth-order valence-corrected chi connectivity index (χ4v) is 1.86. The van der Waals surface area contributed by atoms with Crippen molar-refractivity contribution in [3.63, 3.8) is 0 Å². The Hall–Kier alpha value is -0.950. The van der Waals surface area contributed by atoms with Gasteiger partial charge in [0.1, 0.15) is 0 Å². The van der Waals surface area contributed by atoms with Crippen LogP contribution in [0.1, 0.15) is 26.5 Å². The van der Waals surface area contributed by atoms with Crippen LogP contribution in [-0.2, 0) is 6.54 Å². The lowest BCUT2D eigenvalue weighted by molar-refractivity contribution is 0.421. The number of rotatable bonds is 3. The molecule has 4 nitrogen and oxygen atoms in total. The van der Waals surface area contributed by atoms with Crippen molar-refractivity contribution in [2.24, 2.45) is 0 Å². The van der Waals surface area contributed by atoms with Crippen LogP contribution in [0, 0.1) is 3.57 Å². The van der Waals surface area contributed by atoms with Crippen LogP contribution < -0.4 is 5.32 Å². The number of nitrogens with zero attached hydrogens (tertiary/aromatic N) is 3. The number of nitrogens with one attached hydrogen (secondary N) is 1. The summed E-state index contributed by atoms with van der Waals surface area (Å²) in [6, 6.07) is 6.00. The summed E-state index contributed by atoms with van der Waals surface area (Å²) in [6.07, 6.45) is 3.78. The zero-order valence-electron chi connectivity index (χ0n) is 10.8. The molecule has 0 aliphatic rings. The zero-order valence-corrected chi connectivity index (χ0v) is 13.0. The largest absolute Gasteiger partial charge is 0.306 e. The van der Waals surface area contributed by atoms with Crippen molar-refractivity contribution in [3.05, 3.63) is 39.9 Å². The van der Waals surface area contributed by atoms with Crippen LogP contribution in [-0.4, -0.2) is 20.3 Å². The van der Waals surface area contributed by atoms with E-state index >= 15 is 0 Å². The van der Waals surface area contributed by atoms with Crippen molar-refractivity contribution in [1.29, 1.82) is 0 Å². The van der Waals surface area contributed by atoms with Crippen molar-refractivity contribution in [1.82, 2.24) is 20.1 Å². The van der Waals surface area contributed by atoms with E-state index in [-0.39, 0.29) is 5.54 Å². The van der Waals surface area contributed by atoms with Crippen molar-refractivity contribution >= 4 is 22.6 Å². The summed E-state index contributed by atoms with van der Waals surface area (Å²) in [4.78, 5) is 4.59. The summed E-state index contributed by atoms with van der Waals surface area (Å²) in [5.74, 6) is 0.853. The number of hydrogen-bond acceptors (Lipinski definition) is 3. The fourth-order valence-electron chi connectivity index (χ4n) is 1.47. The molecule has 0 saturated heterocycles. The minimum Gasteiger partial charge on any atom is -0.306 e. The third kappa shape index (κ3) is 3.78. The first-order valence-corrected chi connectivity index (χ1v) is 6.93. The fraction of sp³-hybridized carbons (Fsp3) is 0.385. The topological polar surface area (TPSA) is 42.7 Å². The van der Waals surface area contributed by atoms with Gasteiger partial charge in [-0.2, -0.15) is 5.10 Å². The Morgan fingerprint density at radius 2 is 2.11 bits per heavy atom. The van der Waals surface area contributed by atoms with E-state index in [1.165, 1.54) is 0 Å². The number of hydrogen-bond donors (Lipinski definition) is 1. The Morgan fingerprint density at radius 3 is 2.72 bits per heavy atom. The highest BCUT2D eigenvalue weighted by Gasteiger charge is 2.09. The molecule has 5 heteroatoms. The van der Waals surface area contributed by atoms with E-state index in [0.717, 1.165) is 21.6 Å². The van der Waals surface area contributed by atoms with E-state index in [1.54, 1.807) is 4.68 Å². The lowest BCUT2D eigenvalue weighted by atomic mass is 10.1. The summed E-state index contributed by atoms with van der Waals surface area (Å²) in [6.45, 7) is 7.20. The Bertz CT molecular complexity index is 528. The Labute approximate surface area is 121 Å². The van der Waals surface area contributed by atoms with E-state index in [9.17, 15) is 0 Å². The summed E-state index contributed by atoms with van der Waals surface area (Å²) < 4.78 is 2.90. The van der Waals surface area contributed by atoms with Gasteiger partial charge >= 0.3 is 0 Å². The number of aromatic nitrogens is 3. The van der Waals surface area contributed by atoms with Gasteiger partial charge in [-0.1, -0.05) is 6.07 Å². The molecule has 0 bridgehead atoms. The molecule has 2 rings (SSSR count). The summed E-state index contributed by atoms with van der Waals surface area (Å²) in [5, 5.41) is 7.69. The smallest absolute Gasteiger partial charge is 0.153 e. The van der Waals surface area contributed by atoms with E-state index in [0.29, 0.717) is 0 Å². The van der Waals surface area contributed by atoms with Crippen LogP contribution in [0.2, 0.25) is 0 Å². The SMILES string of the molecule is CC(C)(C)NCc1cccc(-n2cc(I)cn2)n1. The third-order valence-electron chi connectivity index (χ3n) is 2.38. The molecule has 0 spiro atoms. The molecule has 2 heterocycles. The van der Waals surface area contributed by atoms with Crippen LogP contribution >= 0.6 is 22.6 Å². The van der Waals surface area contributed by atoms with E-state index < -0.39 is 0 Å². The summed E-state index contributed by atoms with van der Waals surface area (Å²) >= 11 is 2.24. The van der Waals surface area contributed by atoms with Gasteiger partial charge in [0.2, 0.25) is 0 Å². The summed E-state index contributed by atoms with van der Waals surface area (Å²) in [7, 11) is 0. The molecule has 0 aliphatic carbocycles. The van der Waals surface area contributed by atoms with Gasteiger partial charge in [-0.3, -0.25) is 0 Å². The van der Waals surface area contributed by atoms with Crippen LogP contribution in [0.4, 0.5) is 0 Å². The lowest BCUT2D eigenvalue weighted by Crippen LogP contribution is -2.35. The Kier molecular flexibility index (Phi) is 4.01. The molecule has 96 valence electrons. The number of pyridine rings is 1. The second-order valence-corrected chi connectivity index (χ2v) is 6.44. The highest BCUT2D eigenvalue weighted by Crippen LogP contribution is 2.09. The standard InChI is InChI=1S/C13H17IN4/c1-13(2,3)15-8-11-5-4-6-12(17-11)18-9-10(14)7-16-18/h4-7,9,15H,8H2,1-3H3. The lowest BCUT2D eigenvalue weighted by Gasteiger charge is -2.20. The first kappa shape index (κ1) is 13.5. The molecule has 0 aromatic carbocycles. The van der Waals surface area contributed by atoms with Crippen molar-refractivity contribution < 1.29 is 0 Å². The second-order valence-electron chi connectivity index (χ2n) is 5.19. The average Bonchev–Trinajstić information content (AvgIpc) is 2.73. The first-order valence-electron chi connectivity index (χ1n) is 5.85. The number of halogens is 1. The van der Waals surface area contributed by atoms with Crippen LogP contribution in [0.15, 0.2) is 30.6 Å². The molecule has 0 fully saturated rings. The third-order valence-corrected chi connectivity index (χ3v) is 2.93. The molecule has 0 radical (unpaired) electrons. The van der Waals surface area contributed by atoms with Gasteiger partial charge in [0, 0.05) is 18.3 Å². The van der Waals surface area contributed by atoms with E-state index in [2.05, 4.69) is 58.8 Å². The Balaban J connectivity index is 2.15. The maximum atomic E-state index is 4.59. The Morgan fingerprint density at radius 1 is 1.33 bits per heavy atom. The van der Waals surface area contributed by atoms with E-state index in [4.69, 9.17) is 0 Å². The average molecular weight is 356 g/mol. The van der Waals surface area contributed by atoms with Crippen molar-refractivity contribution in [2.75, 3.05) is 0 Å². The highest BCUT2D eigenvalue weighted by molar-refractivity contribution is 14.1. The quantitative estimate of drug-likeness (QED) is 0.860. The normalized spacial score (nSPS) is 11.8. The van der Waals surface area contributed by atoms with Crippen LogP contribution in [0.3, 0.4) is 0 Å². The van der Waals surface area contributed by atoms with Gasteiger partial charge in [-0.15, -0.1) is 0 Å². The molecular weight excluding hydrogens is 339 g/mol. The van der Waals surface area contributed by atoms with Gasteiger partial charge in [0.05, 0.1) is 15.5 Å². The van der Waals surface area contributed by atoms with Gasteiger partial charge in [-0.25, -0.2) is 9.67 Å². The van der Waals surface area contributed by atoms with Crippen molar-refractivity contribution in [2.45, 2.75) is 32.9 Å². The maximum Gasteiger partial charge on any atom is 0.153 e. The second kappa shape index (κ2) is 5.36. The molecule has 2 aromatic heterocycles. The van der Waals surface area contributed by atoms with Gasteiger partial charge in [-0.05, 0) is 55.5 Å². The molecule has 0 amide bonds. The first-order chi connectivity index (χ1) is 8.44. The molecular formula is C13H17IN4. The minimum atomic E-state index is 0.0960. The van der Waals surface area contributed by atoms with Gasteiger partial charge < -0.3 is 5.32 Å². The molecule has 18 heavy (non-hydrogen) atoms. The molecule has 0 aliphatic heterocycles. The van der Waals surface area contributed by atoms with Crippen molar-refractivity contribution in [3.8, 4) is 5.82 Å². The zero-order chi connectivity index (χ0) is 13.2.